The van der Waals surface area contributed by atoms with Crippen molar-refractivity contribution >= 4 is 5.82 Å². The van der Waals surface area contributed by atoms with E-state index in [9.17, 15) is 0 Å². The molecule has 0 spiro atoms. The molecule has 0 bridgehead atoms. The predicted octanol–water partition coefficient (Wildman–Crippen LogP) is 1.72. The Labute approximate surface area is 84.5 Å². The summed E-state index contributed by atoms with van der Waals surface area (Å²) in [6, 6.07) is 1.80. The molecule has 0 aliphatic heterocycles. The van der Waals surface area contributed by atoms with Gasteiger partial charge in [-0.1, -0.05) is 13.8 Å². The van der Waals surface area contributed by atoms with Crippen molar-refractivity contribution in [3.8, 4) is 0 Å². The fourth-order valence-corrected chi connectivity index (χ4v) is 1.32. The van der Waals surface area contributed by atoms with Gasteiger partial charge in [0.2, 0.25) is 0 Å². The molecular formula is C10H17N3O. The lowest BCUT2D eigenvalue weighted by molar-refractivity contribution is 0.0925. The lowest BCUT2D eigenvalue weighted by atomic mass is 10.2. The minimum Gasteiger partial charge on any atom is -0.384 e. The van der Waals surface area contributed by atoms with Gasteiger partial charge >= 0.3 is 0 Å². The first-order valence-corrected chi connectivity index (χ1v) is 4.87. The second kappa shape index (κ2) is 4.91. The van der Waals surface area contributed by atoms with E-state index in [0.717, 1.165) is 18.5 Å². The van der Waals surface area contributed by atoms with Crippen molar-refractivity contribution in [2.75, 3.05) is 12.8 Å². The fourth-order valence-electron chi connectivity index (χ4n) is 1.32. The number of aromatic nitrogens is 2. The van der Waals surface area contributed by atoms with E-state index < -0.39 is 0 Å². The lowest BCUT2D eigenvalue weighted by Gasteiger charge is -2.12. The molecular weight excluding hydrogens is 178 g/mol. The van der Waals surface area contributed by atoms with Crippen LogP contribution >= 0.6 is 0 Å². The molecule has 0 aliphatic carbocycles. The van der Waals surface area contributed by atoms with Crippen LogP contribution in [0.4, 0.5) is 5.82 Å². The number of nitrogens with zero attached hydrogens (tertiary/aromatic N) is 2. The predicted molar refractivity (Wildman–Crippen MR) is 55.9 cm³/mol. The summed E-state index contributed by atoms with van der Waals surface area (Å²) in [6.07, 6.45) is 1.66. The summed E-state index contributed by atoms with van der Waals surface area (Å²) >= 11 is 0. The van der Waals surface area contributed by atoms with Gasteiger partial charge in [0.1, 0.15) is 11.9 Å². The Balaban J connectivity index is 3.01. The van der Waals surface area contributed by atoms with Crippen LogP contribution in [0.1, 0.15) is 37.9 Å². The molecule has 0 aliphatic rings. The number of aryl methyl sites for hydroxylation is 1. The highest BCUT2D eigenvalue weighted by atomic mass is 16.5. The molecule has 0 saturated heterocycles. The first-order chi connectivity index (χ1) is 6.71. The Kier molecular flexibility index (Phi) is 3.83. The molecule has 1 atom stereocenters. The van der Waals surface area contributed by atoms with Gasteiger partial charge in [-0.25, -0.2) is 9.97 Å². The van der Waals surface area contributed by atoms with Crippen molar-refractivity contribution in [1.82, 2.24) is 9.97 Å². The van der Waals surface area contributed by atoms with Gasteiger partial charge in [-0.15, -0.1) is 0 Å². The summed E-state index contributed by atoms with van der Waals surface area (Å²) in [7, 11) is 1.66. The molecule has 0 fully saturated rings. The third kappa shape index (κ3) is 2.42. The Morgan fingerprint density at radius 3 is 2.64 bits per heavy atom. The van der Waals surface area contributed by atoms with Gasteiger partial charge in [-0.2, -0.15) is 0 Å². The normalized spacial score (nSPS) is 12.8. The van der Waals surface area contributed by atoms with E-state index in [1.807, 2.05) is 13.8 Å². The fraction of sp³-hybridized carbons (Fsp3) is 0.600. The second-order valence-corrected chi connectivity index (χ2v) is 3.13. The molecule has 4 nitrogen and oxygen atoms in total. The number of anilines is 1. The van der Waals surface area contributed by atoms with E-state index in [-0.39, 0.29) is 6.10 Å². The van der Waals surface area contributed by atoms with Crippen LogP contribution in [0.2, 0.25) is 0 Å². The van der Waals surface area contributed by atoms with E-state index in [0.29, 0.717) is 11.6 Å². The van der Waals surface area contributed by atoms with Crippen molar-refractivity contribution in [2.45, 2.75) is 32.8 Å². The van der Waals surface area contributed by atoms with Gasteiger partial charge in [0.05, 0.1) is 0 Å². The molecule has 4 heteroatoms. The third-order valence-corrected chi connectivity index (χ3v) is 2.12. The largest absolute Gasteiger partial charge is 0.384 e. The molecule has 2 N–H and O–H groups in total. The molecule has 14 heavy (non-hydrogen) atoms. The van der Waals surface area contributed by atoms with E-state index in [1.54, 1.807) is 13.2 Å². The highest BCUT2D eigenvalue weighted by Crippen LogP contribution is 2.17. The molecule has 0 radical (unpaired) electrons. The zero-order valence-electron chi connectivity index (χ0n) is 8.95. The van der Waals surface area contributed by atoms with Gasteiger partial charge in [0.25, 0.3) is 0 Å². The zero-order chi connectivity index (χ0) is 10.6. The Hall–Kier alpha value is -1.16. The SMILES string of the molecule is CCc1cc(N)nc(C(CC)OC)n1. The van der Waals surface area contributed by atoms with Crippen molar-refractivity contribution < 1.29 is 4.74 Å². The molecule has 1 rings (SSSR count). The number of hydrogen-bond donors (Lipinski definition) is 1. The maximum Gasteiger partial charge on any atom is 0.159 e. The van der Waals surface area contributed by atoms with Gasteiger partial charge in [-0.05, 0) is 12.8 Å². The minimum atomic E-state index is -0.0520. The summed E-state index contributed by atoms with van der Waals surface area (Å²) < 4.78 is 5.26. The summed E-state index contributed by atoms with van der Waals surface area (Å²) in [5.41, 5.74) is 6.64. The summed E-state index contributed by atoms with van der Waals surface area (Å²) in [6.45, 7) is 4.08. The smallest absolute Gasteiger partial charge is 0.159 e. The van der Waals surface area contributed by atoms with Gasteiger partial charge < -0.3 is 10.5 Å². The van der Waals surface area contributed by atoms with Crippen LogP contribution in [-0.4, -0.2) is 17.1 Å². The zero-order valence-corrected chi connectivity index (χ0v) is 8.95. The van der Waals surface area contributed by atoms with Gasteiger partial charge in [0.15, 0.2) is 5.82 Å². The van der Waals surface area contributed by atoms with E-state index in [4.69, 9.17) is 10.5 Å². The van der Waals surface area contributed by atoms with Crippen LogP contribution in [0.5, 0.6) is 0 Å². The average molecular weight is 195 g/mol. The lowest BCUT2D eigenvalue weighted by Crippen LogP contribution is -2.09. The van der Waals surface area contributed by atoms with Crippen molar-refractivity contribution in [2.24, 2.45) is 0 Å². The molecule has 1 unspecified atom stereocenters. The highest BCUT2D eigenvalue weighted by molar-refractivity contribution is 5.30. The first kappa shape index (κ1) is 10.9. The molecule has 1 aromatic rings. The standard InChI is InChI=1S/C10H17N3O/c1-4-7-6-9(11)13-10(12-7)8(5-2)14-3/h6,8H,4-5H2,1-3H3,(H2,11,12,13). The maximum absolute atomic E-state index is 5.68. The minimum absolute atomic E-state index is 0.0520. The number of ether oxygens (including phenoxy) is 1. The van der Waals surface area contributed by atoms with Crippen molar-refractivity contribution in [3.05, 3.63) is 17.6 Å². The Morgan fingerprint density at radius 2 is 2.14 bits per heavy atom. The van der Waals surface area contributed by atoms with Crippen LogP contribution in [0.15, 0.2) is 6.07 Å². The summed E-state index contributed by atoms with van der Waals surface area (Å²) in [5.74, 6) is 1.20. The number of methoxy groups -OCH3 is 1. The quantitative estimate of drug-likeness (QED) is 0.794. The van der Waals surface area contributed by atoms with Crippen LogP contribution in [0.3, 0.4) is 0 Å². The average Bonchev–Trinajstić information content (AvgIpc) is 2.19. The molecule has 0 saturated carbocycles. The molecule has 0 amide bonds. The highest BCUT2D eigenvalue weighted by Gasteiger charge is 2.12. The van der Waals surface area contributed by atoms with Crippen LogP contribution in [0, 0.1) is 0 Å². The van der Waals surface area contributed by atoms with Crippen molar-refractivity contribution in [1.29, 1.82) is 0 Å². The Bertz CT molecular complexity index is 297. The number of rotatable bonds is 4. The van der Waals surface area contributed by atoms with Crippen LogP contribution in [0.25, 0.3) is 0 Å². The van der Waals surface area contributed by atoms with E-state index in [1.165, 1.54) is 0 Å². The molecule has 1 heterocycles. The number of hydrogen-bond acceptors (Lipinski definition) is 4. The van der Waals surface area contributed by atoms with Crippen molar-refractivity contribution in [3.63, 3.8) is 0 Å². The first-order valence-electron chi connectivity index (χ1n) is 4.87. The number of nitrogens with two attached hydrogens (primary N) is 1. The summed E-state index contributed by atoms with van der Waals surface area (Å²) in [5, 5.41) is 0. The van der Waals surface area contributed by atoms with Crippen LogP contribution in [-0.2, 0) is 11.2 Å². The second-order valence-electron chi connectivity index (χ2n) is 3.13. The molecule has 78 valence electrons. The van der Waals surface area contributed by atoms with Gasteiger partial charge in [-0.3, -0.25) is 0 Å². The maximum atomic E-state index is 5.68. The van der Waals surface area contributed by atoms with E-state index >= 15 is 0 Å². The molecule has 0 aromatic carbocycles. The molecule has 1 aromatic heterocycles. The monoisotopic (exact) mass is 195 g/mol. The summed E-state index contributed by atoms with van der Waals surface area (Å²) in [4.78, 5) is 8.54. The third-order valence-electron chi connectivity index (χ3n) is 2.12. The van der Waals surface area contributed by atoms with Gasteiger partial charge in [0, 0.05) is 18.9 Å². The topological polar surface area (TPSA) is 61.0 Å². The van der Waals surface area contributed by atoms with E-state index in [2.05, 4.69) is 9.97 Å². The number of nitrogen functional groups attached to an aromatic ring is 1. The Morgan fingerprint density at radius 1 is 1.43 bits per heavy atom. The van der Waals surface area contributed by atoms with Crippen LogP contribution < -0.4 is 5.73 Å².